The Labute approximate surface area is 149 Å². The Kier molecular flexibility index (Phi) is 6.78. The molecule has 1 aliphatic heterocycles. The third-order valence-electron chi connectivity index (χ3n) is 3.97. The van der Waals surface area contributed by atoms with Crippen LogP contribution in [0.5, 0.6) is 5.75 Å². The van der Waals surface area contributed by atoms with Gasteiger partial charge >= 0.3 is 0 Å². The van der Waals surface area contributed by atoms with Crippen molar-refractivity contribution in [3.05, 3.63) is 29.3 Å². The van der Waals surface area contributed by atoms with E-state index in [0.717, 1.165) is 23.6 Å². The molecule has 130 valence electrons. The van der Waals surface area contributed by atoms with Crippen molar-refractivity contribution in [3.8, 4) is 5.75 Å². The van der Waals surface area contributed by atoms with Crippen molar-refractivity contribution in [1.29, 1.82) is 0 Å². The van der Waals surface area contributed by atoms with E-state index in [0.29, 0.717) is 30.9 Å². The molecule has 1 aromatic carbocycles. The van der Waals surface area contributed by atoms with Crippen LogP contribution in [0.2, 0.25) is 0 Å². The molecule has 0 radical (unpaired) electrons. The number of fused-ring (bicyclic) bond motifs is 1. The maximum absolute atomic E-state index is 12.7. The van der Waals surface area contributed by atoms with Gasteiger partial charge in [-0.1, -0.05) is 22.0 Å². The molecule has 0 saturated heterocycles. The van der Waals surface area contributed by atoms with Gasteiger partial charge in [-0.25, -0.2) is 0 Å². The van der Waals surface area contributed by atoms with Gasteiger partial charge in [0, 0.05) is 29.9 Å². The number of hydrogen-bond donors (Lipinski definition) is 1. The van der Waals surface area contributed by atoms with Gasteiger partial charge in [0.2, 0.25) is 5.91 Å². The standard InChI is InChI=1S/C17H21BrN2O4/c1-19-16(22)14(6-3-9-21)20-11-13-12(17(20)23)5-2-7-15(13)24-10-4-8-18/h2,5,7,9,14H,3-4,6,8,10-11H2,1H3,(H,19,22). The fourth-order valence-electron chi connectivity index (χ4n) is 2.77. The van der Waals surface area contributed by atoms with E-state index in [2.05, 4.69) is 21.2 Å². The fourth-order valence-corrected chi connectivity index (χ4v) is 3.00. The Hall–Kier alpha value is -1.89. The van der Waals surface area contributed by atoms with Crippen LogP contribution in [0.25, 0.3) is 0 Å². The van der Waals surface area contributed by atoms with Crippen molar-refractivity contribution in [2.75, 3.05) is 19.0 Å². The van der Waals surface area contributed by atoms with Crippen molar-refractivity contribution in [2.24, 2.45) is 0 Å². The molecular formula is C17H21BrN2O4. The van der Waals surface area contributed by atoms with Crippen molar-refractivity contribution in [3.63, 3.8) is 0 Å². The van der Waals surface area contributed by atoms with Crippen LogP contribution < -0.4 is 10.1 Å². The number of likely N-dealkylation sites (N-methyl/N-ethyl adjacent to an activating group) is 1. The summed E-state index contributed by atoms with van der Waals surface area (Å²) in [6, 6.07) is 4.71. The molecule has 1 aliphatic rings. The lowest BCUT2D eigenvalue weighted by Gasteiger charge is -2.25. The first-order chi connectivity index (χ1) is 11.6. The lowest BCUT2D eigenvalue weighted by molar-refractivity contribution is -0.125. The van der Waals surface area contributed by atoms with Gasteiger partial charge in [-0.2, -0.15) is 0 Å². The highest BCUT2D eigenvalue weighted by molar-refractivity contribution is 9.09. The number of nitrogens with zero attached hydrogens (tertiary/aromatic N) is 1. The van der Waals surface area contributed by atoms with Crippen LogP contribution in [0.3, 0.4) is 0 Å². The smallest absolute Gasteiger partial charge is 0.255 e. The molecule has 6 nitrogen and oxygen atoms in total. The maximum atomic E-state index is 12.7. The van der Waals surface area contributed by atoms with E-state index in [4.69, 9.17) is 4.74 Å². The fraction of sp³-hybridized carbons (Fsp3) is 0.471. The molecule has 1 unspecified atom stereocenters. The van der Waals surface area contributed by atoms with E-state index in [1.807, 2.05) is 6.07 Å². The zero-order valence-corrected chi connectivity index (χ0v) is 15.2. The third-order valence-corrected chi connectivity index (χ3v) is 4.53. The molecule has 0 spiro atoms. The van der Waals surface area contributed by atoms with Gasteiger partial charge in [0.05, 0.1) is 13.2 Å². The summed E-state index contributed by atoms with van der Waals surface area (Å²) in [7, 11) is 1.53. The summed E-state index contributed by atoms with van der Waals surface area (Å²) in [6.07, 6.45) is 2.16. The van der Waals surface area contributed by atoms with Crippen LogP contribution in [-0.4, -0.2) is 48.0 Å². The zero-order valence-electron chi connectivity index (χ0n) is 13.6. The quantitative estimate of drug-likeness (QED) is 0.392. The van der Waals surface area contributed by atoms with Crippen molar-refractivity contribution >= 4 is 34.0 Å². The molecule has 1 atom stereocenters. The topological polar surface area (TPSA) is 75.7 Å². The maximum Gasteiger partial charge on any atom is 0.255 e. The van der Waals surface area contributed by atoms with Crippen LogP contribution in [0, 0.1) is 0 Å². The second kappa shape index (κ2) is 8.82. The largest absolute Gasteiger partial charge is 0.493 e. The molecule has 1 heterocycles. The number of rotatable bonds is 9. The molecule has 7 heteroatoms. The monoisotopic (exact) mass is 396 g/mol. The van der Waals surface area contributed by atoms with E-state index < -0.39 is 6.04 Å². The Balaban J connectivity index is 2.23. The molecule has 0 saturated carbocycles. The van der Waals surface area contributed by atoms with Gasteiger partial charge in [-0.15, -0.1) is 0 Å². The molecule has 1 N–H and O–H groups in total. The normalized spacial score (nSPS) is 14.2. The van der Waals surface area contributed by atoms with Crippen LogP contribution >= 0.6 is 15.9 Å². The summed E-state index contributed by atoms with van der Waals surface area (Å²) in [4.78, 5) is 37.0. The first-order valence-electron chi connectivity index (χ1n) is 7.90. The van der Waals surface area contributed by atoms with E-state index >= 15 is 0 Å². The second-order valence-corrected chi connectivity index (χ2v) is 6.27. The number of halogens is 1. The van der Waals surface area contributed by atoms with Gasteiger partial charge in [0.1, 0.15) is 18.1 Å². The van der Waals surface area contributed by atoms with Crippen molar-refractivity contribution < 1.29 is 19.1 Å². The summed E-state index contributed by atoms with van der Waals surface area (Å²) in [5, 5.41) is 3.41. The number of aldehydes is 1. The Morgan fingerprint density at radius 3 is 2.96 bits per heavy atom. The van der Waals surface area contributed by atoms with E-state index in [-0.39, 0.29) is 18.2 Å². The minimum atomic E-state index is -0.657. The SMILES string of the molecule is CNC(=O)C(CCC=O)N1Cc2c(OCCCBr)cccc2C1=O. The number of ether oxygens (including phenoxy) is 1. The Bertz CT molecular complexity index is 621. The third kappa shape index (κ3) is 3.95. The molecule has 2 amide bonds. The van der Waals surface area contributed by atoms with Gasteiger partial charge in [-0.3, -0.25) is 9.59 Å². The van der Waals surface area contributed by atoms with E-state index in [9.17, 15) is 14.4 Å². The number of benzene rings is 1. The number of amides is 2. The molecular weight excluding hydrogens is 376 g/mol. The average Bonchev–Trinajstić information content (AvgIpc) is 2.93. The zero-order chi connectivity index (χ0) is 17.5. The van der Waals surface area contributed by atoms with E-state index in [1.54, 1.807) is 12.1 Å². The molecule has 0 fully saturated rings. The molecule has 0 bridgehead atoms. The number of carbonyl (C=O) groups is 3. The second-order valence-electron chi connectivity index (χ2n) is 5.48. The van der Waals surface area contributed by atoms with E-state index in [1.165, 1.54) is 11.9 Å². The molecule has 0 aliphatic carbocycles. The molecule has 0 aromatic heterocycles. The highest BCUT2D eigenvalue weighted by atomic mass is 79.9. The highest BCUT2D eigenvalue weighted by Gasteiger charge is 2.37. The van der Waals surface area contributed by atoms with Gasteiger partial charge in [0.25, 0.3) is 5.91 Å². The Morgan fingerprint density at radius 2 is 2.29 bits per heavy atom. The lowest BCUT2D eigenvalue weighted by atomic mass is 10.1. The number of carbonyl (C=O) groups excluding carboxylic acids is 3. The molecule has 2 rings (SSSR count). The summed E-state index contributed by atoms with van der Waals surface area (Å²) < 4.78 is 5.77. The van der Waals surface area contributed by atoms with Crippen molar-refractivity contribution in [2.45, 2.75) is 31.8 Å². The Morgan fingerprint density at radius 1 is 1.50 bits per heavy atom. The lowest BCUT2D eigenvalue weighted by Crippen LogP contribution is -2.46. The highest BCUT2D eigenvalue weighted by Crippen LogP contribution is 2.33. The number of hydrogen-bond acceptors (Lipinski definition) is 4. The minimum absolute atomic E-state index is 0.199. The molecule has 1 aromatic rings. The van der Waals surface area contributed by atoms with Crippen molar-refractivity contribution in [1.82, 2.24) is 10.2 Å². The molecule has 24 heavy (non-hydrogen) atoms. The predicted molar refractivity (Wildman–Crippen MR) is 93.4 cm³/mol. The summed E-state index contributed by atoms with van der Waals surface area (Å²) in [6.45, 7) is 0.871. The first-order valence-corrected chi connectivity index (χ1v) is 9.03. The van der Waals surface area contributed by atoms with Crippen LogP contribution in [0.4, 0.5) is 0 Å². The number of nitrogens with one attached hydrogen (secondary N) is 1. The first kappa shape index (κ1) is 18.4. The average molecular weight is 397 g/mol. The van der Waals surface area contributed by atoms with Gasteiger partial charge < -0.3 is 19.7 Å². The summed E-state index contributed by atoms with van der Waals surface area (Å²) in [5.74, 6) is 0.213. The van der Waals surface area contributed by atoms with Crippen LogP contribution in [0.1, 0.15) is 35.2 Å². The van der Waals surface area contributed by atoms with Gasteiger partial charge in [-0.05, 0) is 25.0 Å². The van der Waals surface area contributed by atoms with Crippen LogP contribution in [0.15, 0.2) is 18.2 Å². The minimum Gasteiger partial charge on any atom is -0.493 e. The van der Waals surface area contributed by atoms with Crippen LogP contribution in [-0.2, 0) is 16.1 Å². The van der Waals surface area contributed by atoms with Gasteiger partial charge in [0.15, 0.2) is 0 Å². The predicted octanol–water partition coefficient (Wildman–Crippen LogP) is 1.90. The summed E-state index contributed by atoms with van der Waals surface area (Å²) in [5.41, 5.74) is 1.36. The summed E-state index contributed by atoms with van der Waals surface area (Å²) >= 11 is 3.36. The number of alkyl halides is 1.